The van der Waals surface area contributed by atoms with E-state index in [-0.39, 0.29) is 11.6 Å². The number of hydrogen-bond acceptors (Lipinski definition) is 2. The highest BCUT2D eigenvalue weighted by Crippen LogP contribution is 2.35. The molecule has 0 saturated carbocycles. The molecule has 0 rings (SSSR count). The van der Waals surface area contributed by atoms with Gasteiger partial charge < -0.3 is 0 Å². The Morgan fingerprint density at radius 1 is 1.06 bits per heavy atom. The Bertz CT molecular complexity index is 297. The van der Waals surface area contributed by atoms with Crippen LogP contribution in [0.4, 0.5) is 0 Å². The average molecular weight is 236 g/mol. The summed E-state index contributed by atoms with van der Waals surface area (Å²) in [7, 11) is 0. The molecule has 2 heteroatoms. The van der Waals surface area contributed by atoms with Crippen LogP contribution in [0.1, 0.15) is 53.4 Å². The molecule has 0 N–H and O–H groups in total. The molecule has 0 aromatic heterocycles. The maximum Gasteiger partial charge on any atom is 0.139 e. The predicted octanol–water partition coefficient (Wildman–Crippen LogP) is 3.86. The standard InChI is InChI=1S/C15H24O2/c1-5-8-10-15(11-9-6-2,12-13(4)16)14(17)7-3/h5-6,8-9H,7,10-12H2,1-4H3/b8-5+,9-6+. The Morgan fingerprint density at radius 3 is 1.82 bits per heavy atom. The molecule has 0 atom stereocenters. The molecule has 0 saturated heterocycles. The lowest BCUT2D eigenvalue weighted by Gasteiger charge is -2.29. The predicted molar refractivity (Wildman–Crippen MR) is 71.9 cm³/mol. The molecule has 0 amide bonds. The number of rotatable bonds is 8. The van der Waals surface area contributed by atoms with E-state index in [1.54, 1.807) is 6.92 Å². The molecular weight excluding hydrogens is 212 g/mol. The lowest BCUT2D eigenvalue weighted by atomic mass is 9.72. The van der Waals surface area contributed by atoms with E-state index in [4.69, 9.17) is 0 Å². The summed E-state index contributed by atoms with van der Waals surface area (Å²) in [6.45, 7) is 7.29. The summed E-state index contributed by atoms with van der Waals surface area (Å²) in [6, 6.07) is 0. The van der Waals surface area contributed by atoms with Crippen LogP contribution in [-0.4, -0.2) is 11.6 Å². The van der Waals surface area contributed by atoms with Gasteiger partial charge in [0.1, 0.15) is 11.6 Å². The van der Waals surface area contributed by atoms with Crippen LogP contribution in [0.5, 0.6) is 0 Å². The van der Waals surface area contributed by atoms with Crippen molar-refractivity contribution in [1.29, 1.82) is 0 Å². The molecule has 0 fully saturated rings. The van der Waals surface area contributed by atoms with Gasteiger partial charge in [-0.2, -0.15) is 0 Å². The number of hydrogen-bond donors (Lipinski definition) is 0. The Labute approximate surface area is 105 Å². The second-order valence-electron chi connectivity index (χ2n) is 4.48. The SMILES string of the molecule is C/C=C/CC(C/C=C/C)(CC(C)=O)C(=O)CC. The van der Waals surface area contributed by atoms with Crippen molar-refractivity contribution in [3.8, 4) is 0 Å². The van der Waals surface area contributed by atoms with Gasteiger partial charge in [-0.05, 0) is 33.6 Å². The van der Waals surface area contributed by atoms with Crippen molar-refractivity contribution in [2.45, 2.75) is 53.4 Å². The third-order valence-electron chi connectivity index (χ3n) is 2.99. The summed E-state index contributed by atoms with van der Waals surface area (Å²) < 4.78 is 0. The Hall–Kier alpha value is -1.18. The van der Waals surface area contributed by atoms with Crippen LogP contribution in [0.25, 0.3) is 0 Å². The second kappa shape index (κ2) is 7.99. The van der Waals surface area contributed by atoms with Crippen LogP contribution in [0, 0.1) is 5.41 Å². The fraction of sp³-hybridized carbons (Fsp3) is 0.600. The van der Waals surface area contributed by atoms with E-state index in [0.717, 1.165) is 0 Å². The number of carbonyl (C=O) groups is 2. The highest BCUT2D eigenvalue weighted by atomic mass is 16.1. The van der Waals surface area contributed by atoms with Gasteiger partial charge in [0.25, 0.3) is 0 Å². The van der Waals surface area contributed by atoms with Gasteiger partial charge in [-0.15, -0.1) is 0 Å². The lowest BCUT2D eigenvalue weighted by Crippen LogP contribution is -2.32. The summed E-state index contributed by atoms with van der Waals surface area (Å²) >= 11 is 0. The smallest absolute Gasteiger partial charge is 0.139 e. The molecule has 17 heavy (non-hydrogen) atoms. The average Bonchev–Trinajstić information content (AvgIpc) is 2.31. The Kier molecular flexibility index (Phi) is 7.44. The molecule has 0 spiro atoms. The van der Waals surface area contributed by atoms with Crippen molar-refractivity contribution in [3.05, 3.63) is 24.3 Å². The maximum atomic E-state index is 12.2. The molecule has 0 aromatic rings. The van der Waals surface area contributed by atoms with E-state index < -0.39 is 5.41 Å². The molecule has 0 aliphatic rings. The van der Waals surface area contributed by atoms with Crippen molar-refractivity contribution >= 4 is 11.6 Å². The summed E-state index contributed by atoms with van der Waals surface area (Å²) in [6.07, 6.45) is 9.98. The third-order valence-corrected chi connectivity index (χ3v) is 2.99. The first-order valence-corrected chi connectivity index (χ1v) is 6.27. The van der Waals surface area contributed by atoms with Gasteiger partial charge in [0.15, 0.2) is 0 Å². The number of carbonyl (C=O) groups excluding carboxylic acids is 2. The lowest BCUT2D eigenvalue weighted by molar-refractivity contribution is -0.133. The monoisotopic (exact) mass is 236 g/mol. The third kappa shape index (κ3) is 5.12. The largest absolute Gasteiger partial charge is 0.300 e. The van der Waals surface area contributed by atoms with E-state index in [1.807, 2.05) is 45.1 Å². The van der Waals surface area contributed by atoms with E-state index in [1.165, 1.54) is 0 Å². The Balaban J connectivity index is 5.17. The molecule has 2 nitrogen and oxygen atoms in total. The Morgan fingerprint density at radius 2 is 1.53 bits per heavy atom. The van der Waals surface area contributed by atoms with Gasteiger partial charge in [0.05, 0.1) is 0 Å². The van der Waals surface area contributed by atoms with Crippen LogP contribution in [0.15, 0.2) is 24.3 Å². The zero-order valence-corrected chi connectivity index (χ0v) is 11.5. The number of ketones is 2. The molecule has 0 aromatic carbocycles. The van der Waals surface area contributed by atoms with Crippen LogP contribution in [0.3, 0.4) is 0 Å². The summed E-state index contributed by atoms with van der Waals surface area (Å²) in [5.74, 6) is 0.268. The van der Waals surface area contributed by atoms with E-state index >= 15 is 0 Å². The van der Waals surface area contributed by atoms with Gasteiger partial charge in [-0.3, -0.25) is 9.59 Å². The van der Waals surface area contributed by atoms with Gasteiger partial charge in [-0.25, -0.2) is 0 Å². The molecule has 96 valence electrons. The zero-order valence-electron chi connectivity index (χ0n) is 11.5. The molecule has 0 aliphatic heterocycles. The van der Waals surface area contributed by atoms with E-state index in [9.17, 15) is 9.59 Å². The number of Topliss-reactive ketones (excluding diaryl/α,β-unsaturated/α-hetero) is 2. The zero-order chi connectivity index (χ0) is 13.3. The van der Waals surface area contributed by atoms with Crippen molar-refractivity contribution in [2.24, 2.45) is 5.41 Å². The molecule has 0 heterocycles. The highest BCUT2D eigenvalue weighted by molar-refractivity contribution is 5.90. The van der Waals surface area contributed by atoms with Gasteiger partial charge in [0, 0.05) is 18.3 Å². The first-order chi connectivity index (χ1) is 8.02. The quantitative estimate of drug-likeness (QED) is 0.600. The second-order valence-corrected chi connectivity index (χ2v) is 4.48. The first-order valence-electron chi connectivity index (χ1n) is 6.27. The number of allylic oxidation sites excluding steroid dienone is 4. The van der Waals surface area contributed by atoms with E-state index in [0.29, 0.717) is 25.7 Å². The molecule has 0 aliphatic carbocycles. The normalized spacial score (nSPS) is 12.5. The van der Waals surface area contributed by atoms with Gasteiger partial charge >= 0.3 is 0 Å². The van der Waals surface area contributed by atoms with Gasteiger partial charge in [0.2, 0.25) is 0 Å². The fourth-order valence-electron chi connectivity index (χ4n) is 2.09. The highest BCUT2D eigenvalue weighted by Gasteiger charge is 2.35. The minimum absolute atomic E-state index is 0.0841. The minimum atomic E-state index is -0.528. The topological polar surface area (TPSA) is 34.1 Å². The van der Waals surface area contributed by atoms with Crippen LogP contribution < -0.4 is 0 Å². The maximum absolute atomic E-state index is 12.2. The fourth-order valence-corrected chi connectivity index (χ4v) is 2.09. The van der Waals surface area contributed by atoms with Crippen LogP contribution in [-0.2, 0) is 9.59 Å². The summed E-state index contributed by atoms with van der Waals surface area (Å²) in [4.78, 5) is 23.6. The molecular formula is C15H24O2. The van der Waals surface area contributed by atoms with Crippen molar-refractivity contribution < 1.29 is 9.59 Å². The van der Waals surface area contributed by atoms with Crippen LogP contribution >= 0.6 is 0 Å². The molecule has 0 unspecified atom stereocenters. The van der Waals surface area contributed by atoms with E-state index in [2.05, 4.69) is 0 Å². The van der Waals surface area contributed by atoms with Crippen LogP contribution in [0.2, 0.25) is 0 Å². The molecule has 0 radical (unpaired) electrons. The van der Waals surface area contributed by atoms with Crippen molar-refractivity contribution in [3.63, 3.8) is 0 Å². The summed E-state index contributed by atoms with van der Waals surface area (Å²) in [5.41, 5.74) is -0.528. The first kappa shape index (κ1) is 15.8. The van der Waals surface area contributed by atoms with Crippen molar-refractivity contribution in [2.75, 3.05) is 0 Å². The minimum Gasteiger partial charge on any atom is -0.300 e. The molecule has 0 bridgehead atoms. The van der Waals surface area contributed by atoms with Crippen molar-refractivity contribution in [1.82, 2.24) is 0 Å². The van der Waals surface area contributed by atoms with Gasteiger partial charge in [-0.1, -0.05) is 31.2 Å². The summed E-state index contributed by atoms with van der Waals surface area (Å²) in [5, 5.41) is 0.